The summed E-state index contributed by atoms with van der Waals surface area (Å²) in [4.78, 5) is 0. The summed E-state index contributed by atoms with van der Waals surface area (Å²) in [6, 6.07) is 17.7. The first kappa shape index (κ1) is 12.0. The van der Waals surface area contributed by atoms with Gasteiger partial charge in [0, 0.05) is 23.8 Å². The van der Waals surface area contributed by atoms with Crippen LogP contribution in [0.15, 0.2) is 48.5 Å². The van der Waals surface area contributed by atoms with E-state index in [9.17, 15) is 0 Å². The zero-order chi connectivity index (χ0) is 13.5. The number of rotatable bonds is 1. The summed E-state index contributed by atoms with van der Waals surface area (Å²) in [6.45, 7) is 3.02. The molecule has 1 N–H and O–H groups in total. The smallest absolute Gasteiger partial charge is 0.0896 e. The van der Waals surface area contributed by atoms with Gasteiger partial charge in [-0.1, -0.05) is 48.0 Å². The quantitative estimate of drug-likeness (QED) is 0.832. The van der Waals surface area contributed by atoms with Crippen molar-refractivity contribution in [2.45, 2.75) is 25.5 Å². The van der Waals surface area contributed by atoms with Crippen LogP contribution in [-0.2, 0) is 4.74 Å². The molecule has 0 aromatic heterocycles. The van der Waals surface area contributed by atoms with Crippen LogP contribution in [0.4, 0.5) is 5.69 Å². The van der Waals surface area contributed by atoms with Crippen molar-refractivity contribution in [1.82, 2.24) is 0 Å². The van der Waals surface area contributed by atoms with E-state index in [1.54, 1.807) is 0 Å². The van der Waals surface area contributed by atoms with Crippen molar-refractivity contribution in [2.75, 3.05) is 11.9 Å². The molecule has 1 unspecified atom stereocenters. The Balaban J connectivity index is 1.79. The summed E-state index contributed by atoms with van der Waals surface area (Å²) >= 11 is 0. The molecule has 2 aromatic carbocycles. The molecule has 3 atom stereocenters. The van der Waals surface area contributed by atoms with E-state index < -0.39 is 0 Å². The largest absolute Gasteiger partial charge is 0.378 e. The lowest BCUT2D eigenvalue weighted by Gasteiger charge is -2.36. The Hall–Kier alpha value is -1.80. The minimum atomic E-state index is 0.247. The van der Waals surface area contributed by atoms with Gasteiger partial charge in [-0.3, -0.25) is 0 Å². The van der Waals surface area contributed by atoms with Gasteiger partial charge >= 0.3 is 0 Å². The van der Waals surface area contributed by atoms with Crippen LogP contribution >= 0.6 is 0 Å². The van der Waals surface area contributed by atoms with Crippen LogP contribution in [0.25, 0.3) is 0 Å². The Labute approximate surface area is 119 Å². The second kappa shape index (κ2) is 4.64. The zero-order valence-corrected chi connectivity index (χ0v) is 11.7. The van der Waals surface area contributed by atoms with Gasteiger partial charge in [0.2, 0.25) is 0 Å². The molecule has 0 saturated carbocycles. The van der Waals surface area contributed by atoms with Gasteiger partial charge in [0.1, 0.15) is 0 Å². The summed E-state index contributed by atoms with van der Waals surface area (Å²) in [6.07, 6.45) is 1.38. The molecule has 2 aromatic rings. The molecule has 4 rings (SSSR count). The monoisotopic (exact) mass is 265 g/mol. The molecular formula is C18H19NO. The molecule has 2 heterocycles. The third-order valence-electron chi connectivity index (χ3n) is 4.55. The van der Waals surface area contributed by atoms with Gasteiger partial charge in [0.15, 0.2) is 0 Å². The molecule has 2 heteroatoms. The Morgan fingerprint density at radius 2 is 1.95 bits per heavy atom. The number of nitrogens with one attached hydrogen (secondary N) is 1. The highest BCUT2D eigenvalue weighted by atomic mass is 16.5. The van der Waals surface area contributed by atoms with E-state index in [-0.39, 0.29) is 6.10 Å². The molecule has 1 fully saturated rings. The van der Waals surface area contributed by atoms with E-state index >= 15 is 0 Å². The van der Waals surface area contributed by atoms with E-state index in [1.165, 1.54) is 22.4 Å². The van der Waals surface area contributed by atoms with Crippen molar-refractivity contribution in [3.8, 4) is 0 Å². The number of ether oxygens (including phenoxy) is 1. The average molecular weight is 265 g/mol. The molecular weight excluding hydrogens is 246 g/mol. The second-order valence-electron chi connectivity index (χ2n) is 5.87. The third-order valence-corrected chi connectivity index (χ3v) is 4.55. The Kier molecular flexibility index (Phi) is 2.78. The average Bonchev–Trinajstić information content (AvgIpc) is 2.97. The number of fused-ring (bicyclic) bond motifs is 3. The standard InChI is InChI=1S/C18H19NO/c1-12-7-8-16-15(11-12)18-14(9-10-20-18)17(19-16)13-5-3-2-4-6-13/h2-8,11,14,17-19H,9-10H2,1H3/t14-,17?,18-/m0/s1. The van der Waals surface area contributed by atoms with Crippen LogP contribution < -0.4 is 5.32 Å². The van der Waals surface area contributed by atoms with Gasteiger partial charge in [-0.2, -0.15) is 0 Å². The fourth-order valence-electron chi connectivity index (χ4n) is 3.58. The minimum absolute atomic E-state index is 0.247. The molecule has 2 aliphatic heterocycles. The molecule has 0 radical (unpaired) electrons. The van der Waals surface area contributed by atoms with E-state index in [4.69, 9.17) is 4.74 Å². The second-order valence-corrected chi connectivity index (χ2v) is 5.87. The van der Waals surface area contributed by atoms with Crippen molar-refractivity contribution >= 4 is 5.69 Å². The van der Waals surface area contributed by atoms with Crippen LogP contribution in [0.1, 0.15) is 35.3 Å². The lowest BCUT2D eigenvalue weighted by molar-refractivity contribution is 0.0829. The Morgan fingerprint density at radius 3 is 2.80 bits per heavy atom. The van der Waals surface area contributed by atoms with Gasteiger partial charge in [-0.15, -0.1) is 0 Å². The minimum Gasteiger partial charge on any atom is -0.378 e. The van der Waals surface area contributed by atoms with Crippen molar-refractivity contribution in [1.29, 1.82) is 0 Å². The summed E-state index contributed by atoms with van der Waals surface area (Å²) in [5, 5.41) is 3.73. The summed E-state index contributed by atoms with van der Waals surface area (Å²) in [5.74, 6) is 0.534. The molecule has 2 nitrogen and oxygen atoms in total. The Bertz CT molecular complexity index is 623. The molecule has 0 bridgehead atoms. The van der Waals surface area contributed by atoms with E-state index in [1.807, 2.05) is 0 Å². The Morgan fingerprint density at radius 1 is 1.10 bits per heavy atom. The molecule has 1 saturated heterocycles. The molecule has 0 amide bonds. The number of hydrogen-bond acceptors (Lipinski definition) is 2. The zero-order valence-electron chi connectivity index (χ0n) is 11.7. The first-order valence-corrected chi connectivity index (χ1v) is 7.36. The first-order valence-electron chi connectivity index (χ1n) is 7.36. The highest BCUT2D eigenvalue weighted by Gasteiger charge is 2.41. The van der Waals surface area contributed by atoms with Crippen LogP contribution in [0.3, 0.4) is 0 Å². The van der Waals surface area contributed by atoms with Crippen LogP contribution in [0.5, 0.6) is 0 Å². The molecule has 20 heavy (non-hydrogen) atoms. The van der Waals surface area contributed by atoms with Gasteiger partial charge in [0.05, 0.1) is 12.1 Å². The summed E-state index contributed by atoms with van der Waals surface area (Å²) in [5.41, 5.74) is 5.23. The van der Waals surface area contributed by atoms with E-state index in [2.05, 4.69) is 60.8 Å². The lowest BCUT2D eigenvalue weighted by Crippen LogP contribution is -2.29. The normalized spacial score (nSPS) is 27.6. The number of aryl methyl sites for hydroxylation is 1. The highest BCUT2D eigenvalue weighted by molar-refractivity contribution is 5.58. The predicted molar refractivity (Wildman–Crippen MR) is 80.8 cm³/mol. The number of benzene rings is 2. The molecule has 0 spiro atoms. The van der Waals surface area contributed by atoms with Crippen LogP contribution in [0, 0.1) is 12.8 Å². The van der Waals surface area contributed by atoms with Crippen molar-refractivity contribution < 1.29 is 4.74 Å². The fourth-order valence-corrected chi connectivity index (χ4v) is 3.58. The van der Waals surface area contributed by atoms with Crippen LogP contribution in [-0.4, -0.2) is 6.61 Å². The lowest BCUT2D eigenvalue weighted by atomic mass is 9.81. The van der Waals surface area contributed by atoms with Crippen molar-refractivity contribution in [2.24, 2.45) is 5.92 Å². The van der Waals surface area contributed by atoms with Gasteiger partial charge in [0.25, 0.3) is 0 Å². The van der Waals surface area contributed by atoms with Gasteiger partial charge < -0.3 is 10.1 Å². The fraction of sp³-hybridized carbons (Fsp3) is 0.333. The van der Waals surface area contributed by atoms with Crippen LogP contribution in [0.2, 0.25) is 0 Å². The van der Waals surface area contributed by atoms with Gasteiger partial charge in [-0.05, 0) is 25.0 Å². The number of anilines is 1. The summed E-state index contributed by atoms with van der Waals surface area (Å²) < 4.78 is 6.05. The molecule has 2 aliphatic rings. The van der Waals surface area contributed by atoms with Gasteiger partial charge in [-0.25, -0.2) is 0 Å². The summed E-state index contributed by atoms with van der Waals surface area (Å²) in [7, 11) is 0. The first-order chi connectivity index (χ1) is 9.83. The number of hydrogen-bond donors (Lipinski definition) is 1. The topological polar surface area (TPSA) is 21.3 Å². The maximum absolute atomic E-state index is 6.05. The highest BCUT2D eigenvalue weighted by Crippen LogP contribution is 2.49. The van der Waals surface area contributed by atoms with E-state index in [0.717, 1.165) is 13.0 Å². The maximum Gasteiger partial charge on any atom is 0.0896 e. The third kappa shape index (κ3) is 1.83. The van der Waals surface area contributed by atoms with Crippen molar-refractivity contribution in [3.05, 3.63) is 65.2 Å². The van der Waals surface area contributed by atoms with Crippen molar-refractivity contribution in [3.63, 3.8) is 0 Å². The predicted octanol–water partition coefficient (Wildman–Crippen LogP) is 4.24. The maximum atomic E-state index is 6.05. The molecule has 102 valence electrons. The SMILES string of the molecule is Cc1ccc2c(c1)[C@H]1OCC[C@H]1C(c1ccccc1)N2. The molecule has 0 aliphatic carbocycles. The van der Waals surface area contributed by atoms with E-state index in [0.29, 0.717) is 12.0 Å².